The van der Waals surface area contributed by atoms with E-state index in [-0.39, 0.29) is 5.91 Å². The molecule has 4 nitrogen and oxygen atoms in total. The number of fused-ring (bicyclic) bond motifs is 2. The van der Waals surface area contributed by atoms with Gasteiger partial charge in [0, 0.05) is 16.8 Å². The molecule has 5 heteroatoms. The molecule has 0 aliphatic heterocycles. The fourth-order valence-electron chi connectivity index (χ4n) is 3.67. The van der Waals surface area contributed by atoms with Crippen LogP contribution in [0.5, 0.6) is 0 Å². The lowest BCUT2D eigenvalue weighted by Crippen LogP contribution is -2.13. The lowest BCUT2D eigenvalue weighted by molar-refractivity contribution is 0.103. The van der Waals surface area contributed by atoms with Crippen molar-refractivity contribution in [3.05, 3.63) is 52.0 Å². The van der Waals surface area contributed by atoms with Crippen LogP contribution in [0, 0.1) is 5.92 Å². The van der Waals surface area contributed by atoms with Gasteiger partial charge >= 0.3 is 0 Å². The molecule has 26 heavy (non-hydrogen) atoms. The van der Waals surface area contributed by atoms with Gasteiger partial charge in [0.25, 0.3) is 5.91 Å². The van der Waals surface area contributed by atoms with E-state index in [1.807, 2.05) is 24.3 Å². The first kappa shape index (κ1) is 17.0. The average Bonchev–Trinajstić information content (AvgIpc) is 2.96. The smallest absolute Gasteiger partial charge is 0.267 e. The second-order valence-corrected chi connectivity index (χ2v) is 8.10. The number of pyridine rings is 1. The SMILES string of the molecule is CCc1ccccc1NC(=O)c1sc2nc3c(cc2c1N)CC(C)CC3. The molecule has 3 aromatic rings. The molecule has 134 valence electrons. The number of benzene rings is 1. The van der Waals surface area contributed by atoms with Gasteiger partial charge in [0.15, 0.2) is 0 Å². The molecule has 1 aliphatic rings. The maximum atomic E-state index is 12.8. The van der Waals surface area contributed by atoms with E-state index < -0.39 is 0 Å². The van der Waals surface area contributed by atoms with Crippen LogP contribution in [-0.4, -0.2) is 10.9 Å². The number of carbonyl (C=O) groups is 1. The molecule has 1 amide bonds. The van der Waals surface area contributed by atoms with Gasteiger partial charge in [0.1, 0.15) is 9.71 Å². The molecule has 4 rings (SSSR count). The van der Waals surface area contributed by atoms with Gasteiger partial charge in [0.05, 0.1) is 5.69 Å². The molecule has 1 aromatic carbocycles. The van der Waals surface area contributed by atoms with Gasteiger partial charge in [-0.3, -0.25) is 4.79 Å². The quantitative estimate of drug-likeness (QED) is 0.699. The van der Waals surface area contributed by atoms with Crippen LogP contribution >= 0.6 is 11.3 Å². The number of nitrogen functional groups attached to an aromatic ring is 1. The molecule has 0 spiro atoms. The van der Waals surface area contributed by atoms with Crippen LogP contribution in [-0.2, 0) is 19.3 Å². The van der Waals surface area contributed by atoms with Crippen LogP contribution < -0.4 is 11.1 Å². The first-order valence-corrected chi connectivity index (χ1v) is 9.98. The number of hydrogen-bond acceptors (Lipinski definition) is 4. The van der Waals surface area contributed by atoms with Crippen molar-refractivity contribution in [1.82, 2.24) is 4.98 Å². The molecule has 1 atom stereocenters. The summed E-state index contributed by atoms with van der Waals surface area (Å²) in [5.41, 5.74) is 11.3. The Labute approximate surface area is 157 Å². The van der Waals surface area contributed by atoms with E-state index in [9.17, 15) is 4.79 Å². The van der Waals surface area contributed by atoms with E-state index >= 15 is 0 Å². The highest BCUT2D eigenvalue weighted by Gasteiger charge is 2.22. The molecular weight excluding hydrogens is 342 g/mol. The van der Waals surface area contributed by atoms with Gasteiger partial charge in [0.2, 0.25) is 0 Å². The molecule has 0 radical (unpaired) electrons. The van der Waals surface area contributed by atoms with Crippen molar-refractivity contribution < 1.29 is 4.79 Å². The molecule has 0 bridgehead atoms. The number of carbonyl (C=O) groups excluding carboxylic acids is 1. The third-order valence-electron chi connectivity index (χ3n) is 5.18. The fourth-order valence-corrected chi connectivity index (χ4v) is 4.66. The highest BCUT2D eigenvalue weighted by Crippen LogP contribution is 2.36. The first-order valence-electron chi connectivity index (χ1n) is 9.16. The number of thiophene rings is 1. The highest BCUT2D eigenvalue weighted by atomic mass is 32.1. The molecule has 2 heterocycles. The Hall–Kier alpha value is -2.40. The third-order valence-corrected chi connectivity index (χ3v) is 6.30. The minimum Gasteiger partial charge on any atom is -0.397 e. The van der Waals surface area contributed by atoms with Crippen molar-refractivity contribution in [2.24, 2.45) is 5.92 Å². The van der Waals surface area contributed by atoms with E-state index in [0.29, 0.717) is 16.5 Å². The van der Waals surface area contributed by atoms with Crippen LogP contribution in [0.25, 0.3) is 10.2 Å². The van der Waals surface area contributed by atoms with Gasteiger partial charge in [-0.2, -0.15) is 0 Å². The van der Waals surface area contributed by atoms with Gasteiger partial charge < -0.3 is 11.1 Å². The Bertz CT molecular complexity index is 992. The topological polar surface area (TPSA) is 68.0 Å². The number of para-hydroxylation sites is 1. The molecular formula is C21H23N3OS. The molecule has 1 aliphatic carbocycles. The van der Waals surface area contributed by atoms with Crippen LogP contribution in [0.15, 0.2) is 30.3 Å². The standard InChI is InChI=1S/C21H23N3OS/c1-3-13-6-4-5-7-16(13)23-20(25)19-18(22)15-11-14-10-12(2)8-9-17(14)24-21(15)26-19/h4-7,11-12H,3,8-10,22H2,1-2H3,(H,23,25). The normalized spacial score (nSPS) is 16.5. The Morgan fingerprint density at radius 3 is 3.00 bits per heavy atom. The summed E-state index contributed by atoms with van der Waals surface area (Å²) in [6, 6.07) is 10.0. The maximum Gasteiger partial charge on any atom is 0.267 e. The minimum atomic E-state index is -0.155. The molecule has 0 saturated carbocycles. The molecule has 0 fully saturated rings. The van der Waals surface area contributed by atoms with Crippen molar-refractivity contribution in [3.8, 4) is 0 Å². The van der Waals surface area contributed by atoms with Crippen molar-refractivity contribution in [1.29, 1.82) is 0 Å². The van der Waals surface area contributed by atoms with Crippen LogP contribution in [0.1, 0.15) is 46.8 Å². The van der Waals surface area contributed by atoms with Crippen molar-refractivity contribution in [2.45, 2.75) is 39.5 Å². The summed E-state index contributed by atoms with van der Waals surface area (Å²) < 4.78 is 0. The largest absolute Gasteiger partial charge is 0.397 e. The summed E-state index contributed by atoms with van der Waals surface area (Å²) in [6.07, 6.45) is 4.09. The van der Waals surface area contributed by atoms with Gasteiger partial charge in [-0.05, 0) is 54.9 Å². The van der Waals surface area contributed by atoms with Crippen molar-refractivity contribution >= 4 is 38.8 Å². The second kappa shape index (κ2) is 6.72. The Balaban J connectivity index is 1.70. The Morgan fingerprint density at radius 1 is 1.38 bits per heavy atom. The highest BCUT2D eigenvalue weighted by molar-refractivity contribution is 7.21. The van der Waals surface area contributed by atoms with E-state index in [1.54, 1.807) is 0 Å². The number of aryl methyl sites for hydroxylation is 2. The number of nitrogens with zero attached hydrogens (tertiary/aromatic N) is 1. The molecule has 1 unspecified atom stereocenters. The predicted octanol–water partition coefficient (Wildman–Crippen LogP) is 4.82. The van der Waals surface area contributed by atoms with Gasteiger partial charge in [-0.25, -0.2) is 4.98 Å². The Kier molecular flexibility index (Phi) is 4.41. The average molecular weight is 366 g/mol. The zero-order valence-electron chi connectivity index (χ0n) is 15.1. The van der Waals surface area contributed by atoms with E-state index in [1.165, 1.54) is 29.0 Å². The van der Waals surface area contributed by atoms with Crippen molar-refractivity contribution in [2.75, 3.05) is 11.1 Å². The monoisotopic (exact) mass is 365 g/mol. The first-order chi connectivity index (χ1) is 12.6. The van der Waals surface area contributed by atoms with E-state index in [4.69, 9.17) is 10.7 Å². The van der Waals surface area contributed by atoms with Crippen LogP contribution in [0.3, 0.4) is 0 Å². The van der Waals surface area contributed by atoms with Gasteiger partial charge in [-0.1, -0.05) is 32.0 Å². The number of hydrogen-bond donors (Lipinski definition) is 2. The summed E-state index contributed by atoms with van der Waals surface area (Å²) in [6.45, 7) is 4.35. The van der Waals surface area contributed by atoms with Gasteiger partial charge in [-0.15, -0.1) is 11.3 Å². The summed E-state index contributed by atoms with van der Waals surface area (Å²) >= 11 is 1.39. The van der Waals surface area contributed by atoms with E-state index in [2.05, 4.69) is 25.2 Å². The molecule has 0 saturated heterocycles. The van der Waals surface area contributed by atoms with Crippen molar-refractivity contribution in [3.63, 3.8) is 0 Å². The maximum absolute atomic E-state index is 12.8. The number of aromatic nitrogens is 1. The third kappa shape index (κ3) is 2.97. The second-order valence-electron chi connectivity index (χ2n) is 7.10. The van der Waals surface area contributed by atoms with E-state index in [0.717, 1.165) is 40.7 Å². The summed E-state index contributed by atoms with van der Waals surface area (Å²) in [5, 5.41) is 3.93. The Morgan fingerprint density at radius 2 is 2.19 bits per heavy atom. The number of amides is 1. The molecule has 2 aromatic heterocycles. The van der Waals surface area contributed by atoms with Crippen LogP contribution in [0.2, 0.25) is 0 Å². The zero-order chi connectivity index (χ0) is 18.3. The summed E-state index contributed by atoms with van der Waals surface area (Å²) in [5.74, 6) is 0.521. The fraction of sp³-hybridized carbons (Fsp3) is 0.333. The van der Waals surface area contributed by atoms with Crippen LogP contribution in [0.4, 0.5) is 11.4 Å². The number of nitrogens with two attached hydrogens (primary N) is 1. The minimum absolute atomic E-state index is 0.155. The number of rotatable bonds is 3. The summed E-state index contributed by atoms with van der Waals surface area (Å²) in [4.78, 5) is 19.1. The number of anilines is 2. The number of nitrogens with one attached hydrogen (secondary N) is 1. The molecule has 3 N–H and O–H groups in total. The summed E-state index contributed by atoms with van der Waals surface area (Å²) in [7, 11) is 0. The predicted molar refractivity (Wildman–Crippen MR) is 109 cm³/mol. The lowest BCUT2D eigenvalue weighted by atomic mass is 9.87. The zero-order valence-corrected chi connectivity index (χ0v) is 16.0. The lowest BCUT2D eigenvalue weighted by Gasteiger charge is -2.20.